The summed E-state index contributed by atoms with van der Waals surface area (Å²) in [6.07, 6.45) is 1.51. The molecular formula is C27H39N2O3P. The van der Waals surface area contributed by atoms with E-state index < -0.39 is 12.7 Å². The van der Waals surface area contributed by atoms with Crippen molar-refractivity contribution < 1.29 is 13.9 Å². The van der Waals surface area contributed by atoms with Gasteiger partial charge in [0.15, 0.2) is 0 Å². The molecule has 1 N–H and O–H groups in total. The van der Waals surface area contributed by atoms with E-state index in [9.17, 15) is 9.36 Å². The van der Waals surface area contributed by atoms with Crippen LogP contribution in [0.25, 0.3) is 11.1 Å². The zero-order chi connectivity index (χ0) is 24.3. The molecule has 1 atom stereocenters. The van der Waals surface area contributed by atoms with E-state index in [1.54, 1.807) is 0 Å². The van der Waals surface area contributed by atoms with E-state index in [4.69, 9.17) is 4.52 Å². The minimum atomic E-state index is -3.01. The zero-order valence-corrected chi connectivity index (χ0v) is 21.8. The largest absolute Gasteiger partial charge is 0.349 e. The minimum absolute atomic E-state index is 0.0541. The third-order valence-electron chi connectivity index (χ3n) is 5.93. The van der Waals surface area contributed by atoms with Crippen molar-refractivity contribution in [2.45, 2.75) is 65.6 Å². The Morgan fingerprint density at radius 3 is 2.15 bits per heavy atom. The first kappa shape index (κ1) is 25.7. The van der Waals surface area contributed by atoms with Gasteiger partial charge in [0, 0.05) is 24.7 Å². The molecule has 0 aromatic heterocycles. The topological polar surface area (TPSA) is 58.6 Å². The number of benzene rings is 2. The molecule has 0 bridgehead atoms. The molecule has 5 nitrogen and oxygen atoms in total. The molecule has 33 heavy (non-hydrogen) atoms. The molecule has 1 amide bonds. The van der Waals surface area contributed by atoms with Crippen LogP contribution in [0.1, 0.15) is 64.7 Å². The fourth-order valence-electron chi connectivity index (χ4n) is 3.99. The van der Waals surface area contributed by atoms with Crippen molar-refractivity contribution in [2.75, 3.05) is 19.7 Å². The summed E-state index contributed by atoms with van der Waals surface area (Å²) < 4.78 is 22.1. The lowest BCUT2D eigenvalue weighted by Gasteiger charge is -2.43. The number of hydrogen-bond donors (Lipinski definition) is 1. The fourth-order valence-corrected chi connectivity index (χ4v) is 6.71. The molecule has 2 aromatic carbocycles. The number of piperidine rings is 1. The van der Waals surface area contributed by atoms with Crippen LogP contribution in [0.15, 0.2) is 54.6 Å². The molecule has 1 fully saturated rings. The van der Waals surface area contributed by atoms with Gasteiger partial charge in [-0.3, -0.25) is 9.36 Å². The van der Waals surface area contributed by atoms with E-state index in [0.717, 1.165) is 24.0 Å². The second-order valence-corrected chi connectivity index (χ2v) is 14.4. The van der Waals surface area contributed by atoms with Crippen molar-refractivity contribution in [1.29, 1.82) is 0 Å². The SMILES string of the molecule is CC(C)(C)COP(=O)(N1CCC(NC(=O)c2cccc(-c3ccccc3)c2)CC1)C(C)(C)C. The van der Waals surface area contributed by atoms with Gasteiger partial charge in [0.25, 0.3) is 13.4 Å². The molecule has 3 rings (SSSR count). The number of amides is 1. The van der Waals surface area contributed by atoms with Gasteiger partial charge in [-0.05, 0) is 62.3 Å². The van der Waals surface area contributed by atoms with Gasteiger partial charge in [-0.15, -0.1) is 0 Å². The highest BCUT2D eigenvalue weighted by Gasteiger charge is 2.45. The lowest BCUT2D eigenvalue weighted by molar-refractivity contribution is 0.0919. The summed E-state index contributed by atoms with van der Waals surface area (Å²) in [5, 5.41) is 2.72. The van der Waals surface area contributed by atoms with Crippen LogP contribution >= 0.6 is 7.52 Å². The monoisotopic (exact) mass is 470 g/mol. The Hall–Kier alpha value is -1.94. The standard InChI is InChI=1S/C27H39N2O3P/c1-26(2,3)20-32-33(31,27(4,5)6)29-17-15-24(16-18-29)28-25(30)23-14-10-13-22(19-23)21-11-8-7-9-12-21/h7-14,19,24H,15-18,20H2,1-6H3,(H,28,30). The fraction of sp³-hybridized carbons (Fsp3) is 0.519. The van der Waals surface area contributed by atoms with Crippen LogP contribution in [0, 0.1) is 5.41 Å². The zero-order valence-electron chi connectivity index (χ0n) is 20.9. The third-order valence-corrected chi connectivity index (χ3v) is 9.25. The molecule has 180 valence electrons. The third kappa shape index (κ3) is 6.56. The summed E-state index contributed by atoms with van der Waals surface area (Å²) in [5.74, 6) is -0.0609. The van der Waals surface area contributed by atoms with Gasteiger partial charge in [0.05, 0.1) is 11.8 Å². The summed E-state index contributed by atoms with van der Waals surface area (Å²) in [6.45, 7) is 14.0. The Labute approximate surface area is 199 Å². The predicted octanol–water partition coefficient (Wildman–Crippen LogP) is 6.60. The Kier molecular flexibility index (Phi) is 7.88. The highest BCUT2D eigenvalue weighted by atomic mass is 31.2. The van der Waals surface area contributed by atoms with Crippen molar-refractivity contribution in [3.05, 3.63) is 60.2 Å². The molecule has 0 aliphatic carbocycles. The van der Waals surface area contributed by atoms with Crippen LogP contribution < -0.4 is 5.32 Å². The van der Waals surface area contributed by atoms with E-state index in [2.05, 4.69) is 26.1 Å². The van der Waals surface area contributed by atoms with Crippen LogP contribution in [0.2, 0.25) is 0 Å². The second kappa shape index (κ2) is 10.1. The number of rotatable bonds is 6. The number of carbonyl (C=O) groups is 1. The maximum Gasteiger partial charge on any atom is 0.277 e. The first-order valence-electron chi connectivity index (χ1n) is 11.9. The van der Waals surface area contributed by atoms with Crippen LogP contribution in [0.4, 0.5) is 0 Å². The predicted molar refractivity (Wildman–Crippen MR) is 137 cm³/mol. The van der Waals surface area contributed by atoms with Crippen LogP contribution in [0.5, 0.6) is 0 Å². The molecule has 2 aromatic rings. The molecule has 0 spiro atoms. The van der Waals surface area contributed by atoms with Crippen molar-refractivity contribution in [2.24, 2.45) is 5.41 Å². The average molecular weight is 471 g/mol. The Balaban J connectivity index is 1.63. The van der Waals surface area contributed by atoms with Gasteiger partial charge in [-0.25, -0.2) is 4.67 Å². The summed E-state index contributed by atoms with van der Waals surface area (Å²) in [4.78, 5) is 12.9. The highest BCUT2D eigenvalue weighted by Crippen LogP contribution is 2.62. The lowest BCUT2D eigenvalue weighted by Crippen LogP contribution is -2.45. The molecule has 1 saturated heterocycles. The first-order valence-corrected chi connectivity index (χ1v) is 13.4. The molecule has 1 unspecified atom stereocenters. The summed E-state index contributed by atoms with van der Waals surface area (Å²) in [6, 6.07) is 17.9. The lowest BCUT2D eigenvalue weighted by atomic mass is 9.99. The van der Waals surface area contributed by atoms with Crippen molar-refractivity contribution >= 4 is 13.4 Å². The number of nitrogens with zero attached hydrogens (tertiary/aromatic N) is 1. The molecule has 1 heterocycles. The van der Waals surface area contributed by atoms with E-state index >= 15 is 0 Å². The Morgan fingerprint density at radius 2 is 1.58 bits per heavy atom. The van der Waals surface area contributed by atoms with E-state index in [1.807, 2.05) is 80.0 Å². The van der Waals surface area contributed by atoms with Crippen molar-refractivity contribution in [1.82, 2.24) is 9.99 Å². The van der Waals surface area contributed by atoms with E-state index in [0.29, 0.717) is 25.3 Å². The molecular weight excluding hydrogens is 431 g/mol. The van der Waals surface area contributed by atoms with Crippen LogP contribution in [-0.2, 0) is 9.09 Å². The van der Waals surface area contributed by atoms with Crippen LogP contribution in [0.3, 0.4) is 0 Å². The smallest absolute Gasteiger partial charge is 0.277 e. The van der Waals surface area contributed by atoms with Crippen molar-refractivity contribution in [3.63, 3.8) is 0 Å². The van der Waals surface area contributed by atoms with Gasteiger partial charge in [0.1, 0.15) is 0 Å². The molecule has 0 radical (unpaired) electrons. The normalized spacial score (nSPS) is 18.0. The first-order chi connectivity index (χ1) is 15.4. The average Bonchev–Trinajstić information content (AvgIpc) is 2.77. The molecule has 6 heteroatoms. The van der Waals surface area contributed by atoms with Crippen LogP contribution in [-0.4, -0.2) is 41.5 Å². The quantitative estimate of drug-likeness (QED) is 0.483. The van der Waals surface area contributed by atoms with Gasteiger partial charge >= 0.3 is 0 Å². The van der Waals surface area contributed by atoms with Crippen molar-refractivity contribution in [3.8, 4) is 11.1 Å². The summed E-state index contributed by atoms with van der Waals surface area (Å²) in [5.41, 5.74) is 2.73. The molecule has 1 aliphatic heterocycles. The maximum absolute atomic E-state index is 14.0. The Morgan fingerprint density at radius 1 is 0.970 bits per heavy atom. The van der Waals surface area contributed by atoms with E-state index in [1.165, 1.54) is 0 Å². The summed E-state index contributed by atoms with van der Waals surface area (Å²) in [7, 11) is -3.01. The maximum atomic E-state index is 14.0. The second-order valence-electron chi connectivity index (χ2n) is 11.2. The number of hydrogen-bond acceptors (Lipinski definition) is 3. The Bertz CT molecular complexity index is 984. The molecule has 1 aliphatic rings. The van der Waals surface area contributed by atoms with Gasteiger partial charge in [0.2, 0.25) is 0 Å². The number of nitrogens with one attached hydrogen (secondary N) is 1. The highest BCUT2D eigenvalue weighted by molar-refractivity contribution is 7.58. The van der Waals surface area contributed by atoms with E-state index in [-0.39, 0.29) is 17.4 Å². The molecule has 0 saturated carbocycles. The van der Waals surface area contributed by atoms with Gasteiger partial charge in [-0.1, -0.05) is 63.2 Å². The summed E-state index contributed by atoms with van der Waals surface area (Å²) >= 11 is 0. The van der Waals surface area contributed by atoms with Gasteiger partial charge < -0.3 is 9.84 Å². The number of carbonyl (C=O) groups excluding carboxylic acids is 1. The van der Waals surface area contributed by atoms with Gasteiger partial charge in [-0.2, -0.15) is 0 Å². The minimum Gasteiger partial charge on any atom is -0.349 e.